The molecular formula is C21H15BrN2O3S. The van der Waals surface area contributed by atoms with E-state index in [1.54, 1.807) is 48.8 Å². The number of likely N-dealkylation sites (tertiary alicyclic amines) is 1. The van der Waals surface area contributed by atoms with E-state index in [1.807, 2.05) is 17.5 Å². The number of hydrogen-bond acceptors (Lipinski definition) is 5. The quantitative estimate of drug-likeness (QED) is 0.357. The summed E-state index contributed by atoms with van der Waals surface area (Å²) in [7, 11) is 0. The molecule has 0 saturated carbocycles. The van der Waals surface area contributed by atoms with Gasteiger partial charge in [0.1, 0.15) is 5.76 Å². The fraction of sp³-hybridized carbons (Fsp3) is 0.0952. The molecule has 0 aliphatic carbocycles. The van der Waals surface area contributed by atoms with Crippen LogP contribution in [0.25, 0.3) is 5.76 Å². The van der Waals surface area contributed by atoms with Gasteiger partial charge in [0.15, 0.2) is 0 Å². The summed E-state index contributed by atoms with van der Waals surface area (Å²) in [5, 5.41) is 12.9. The number of aliphatic hydroxyl groups is 1. The van der Waals surface area contributed by atoms with Crippen LogP contribution in [-0.2, 0) is 16.1 Å². The molecule has 0 radical (unpaired) electrons. The molecule has 1 saturated heterocycles. The zero-order chi connectivity index (χ0) is 19.7. The third-order valence-electron chi connectivity index (χ3n) is 4.59. The van der Waals surface area contributed by atoms with Crippen LogP contribution in [0.5, 0.6) is 0 Å². The minimum Gasteiger partial charge on any atom is -0.507 e. The van der Waals surface area contributed by atoms with Gasteiger partial charge in [-0.05, 0) is 41.3 Å². The Morgan fingerprint density at radius 1 is 1.11 bits per heavy atom. The van der Waals surface area contributed by atoms with Gasteiger partial charge in [-0.3, -0.25) is 14.6 Å². The summed E-state index contributed by atoms with van der Waals surface area (Å²) in [6, 6.07) is 13.6. The lowest BCUT2D eigenvalue weighted by Gasteiger charge is -2.24. The van der Waals surface area contributed by atoms with Gasteiger partial charge in [0.2, 0.25) is 0 Å². The minimum atomic E-state index is -0.682. The molecule has 140 valence electrons. The molecule has 28 heavy (non-hydrogen) atoms. The second-order valence-corrected chi connectivity index (χ2v) is 8.24. The van der Waals surface area contributed by atoms with E-state index in [4.69, 9.17) is 0 Å². The number of thiophene rings is 1. The molecule has 1 fully saturated rings. The molecule has 1 aliphatic heterocycles. The first-order valence-corrected chi connectivity index (χ1v) is 10.2. The molecule has 3 heterocycles. The SMILES string of the molecule is O=C1C(=O)N(Cc2cccs2)C(c2ccncc2)/C1=C(/O)c1ccc(Br)cc1. The van der Waals surface area contributed by atoms with Crippen molar-refractivity contribution < 1.29 is 14.7 Å². The second-order valence-electron chi connectivity index (χ2n) is 6.29. The van der Waals surface area contributed by atoms with Crippen molar-refractivity contribution in [3.63, 3.8) is 0 Å². The number of pyridine rings is 1. The largest absolute Gasteiger partial charge is 0.507 e. The monoisotopic (exact) mass is 454 g/mol. The summed E-state index contributed by atoms with van der Waals surface area (Å²) in [5.41, 5.74) is 1.30. The summed E-state index contributed by atoms with van der Waals surface area (Å²) in [6.07, 6.45) is 3.22. The summed E-state index contributed by atoms with van der Waals surface area (Å²) in [4.78, 5) is 32.2. The first kappa shape index (κ1) is 18.6. The number of rotatable bonds is 4. The zero-order valence-electron chi connectivity index (χ0n) is 14.6. The van der Waals surface area contributed by atoms with E-state index >= 15 is 0 Å². The van der Waals surface area contributed by atoms with E-state index in [2.05, 4.69) is 20.9 Å². The molecule has 3 aromatic rings. The average Bonchev–Trinajstić information content (AvgIpc) is 3.31. The van der Waals surface area contributed by atoms with Crippen LogP contribution in [0, 0.1) is 0 Å². The first-order chi connectivity index (χ1) is 13.6. The molecule has 1 aliphatic rings. The Bertz CT molecular complexity index is 1050. The van der Waals surface area contributed by atoms with Crippen LogP contribution in [-0.4, -0.2) is 26.7 Å². The standard InChI is InChI=1S/C21H15BrN2O3S/c22-15-5-3-14(4-6-15)19(25)17-18(13-7-9-23-10-8-13)24(21(27)20(17)26)12-16-2-1-11-28-16/h1-11,18,25H,12H2/b19-17-. The number of Topliss-reactive ketones (excluding diaryl/α,β-unsaturated/α-hetero) is 1. The van der Waals surface area contributed by atoms with Gasteiger partial charge in [0, 0.05) is 27.3 Å². The van der Waals surface area contributed by atoms with Gasteiger partial charge in [-0.25, -0.2) is 0 Å². The number of nitrogens with zero attached hydrogens (tertiary/aromatic N) is 2. The van der Waals surface area contributed by atoms with Crippen LogP contribution in [0.15, 0.2) is 76.4 Å². The Labute approximate surface area is 174 Å². The number of ketones is 1. The highest BCUT2D eigenvalue weighted by atomic mass is 79.9. The Kier molecular flexibility index (Phi) is 5.11. The molecule has 1 N–H and O–H groups in total. The fourth-order valence-electron chi connectivity index (χ4n) is 3.27. The van der Waals surface area contributed by atoms with E-state index in [0.717, 1.165) is 14.9 Å². The summed E-state index contributed by atoms with van der Waals surface area (Å²) in [5.74, 6) is -1.48. The van der Waals surface area contributed by atoms with Crippen LogP contribution in [0.1, 0.15) is 22.0 Å². The number of hydrogen-bond donors (Lipinski definition) is 1. The lowest BCUT2D eigenvalue weighted by molar-refractivity contribution is -0.140. The van der Waals surface area contributed by atoms with Gasteiger partial charge in [0.25, 0.3) is 11.7 Å². The van der Waals surface area contributed by atoms with Crippen LogP contribution >= 0.6 is 27.3 Å². The number of carbonyl (C=O) groups is 2. The normalized spacial score (nSPS) is 18.6. The summed E-state index contributed by atoms with van der Waals surface area (Å²) in [6.45, 7) is 0.298. The minimum absolute atomic E-state index is 0.0927. The molecule has 0 bridgehead atoms. The number of benzene rings is 1. The first-order valence-electron chi connectivity index (χ1n) is 8.53. The van der Waals surface area contributed by atoms with Gasteiger partial charge >= 0.3 is 0 Å². The third-order valence-corrected chi connectivity index (χ3v) is 5.98. The maximum atomic E-state index is 12.9. The molecular weight excluding hydrogens is 440 g/mol. The second kappa shape index (κ2) is 7.69. The van der Waals surface area contributed by atoms with Crippen LogP contribution in [0.3, 0.4) is 0 Å². The van der Waals surface area contributed by atoms with E-state index in [9.17, 15) is 14.7 Å². The van der Waals surface area contributed by atoms with Crippen molar-refractivity contribution in [3.05, 3.63) is 92.4 Å². The van der Waals surface area contributed by atoms with Crippen LogP contribution in [0.2, 0.25) is 0 Å². The Morgan fingerprint density at radius 3 is 2.46 bits per heavy atom. The molecule has 5 nitrogen and oxygen atoms in total. The van der Waals surface area contributed by atoms with Gasteiger partial charge in [0.05, 0.1) is 18.2 Å². The number of carbonyl (C=O) groups excluding carboxylic acids is 2. The van der Waals surface area contributed by atoms with Gasteiger partial charge < -0.3 is 10.0 Å². The highest BCUT2D eigenvalue weighted by Gasteiger charge is 2.46. The Morgan fingerprint density at radius 2 is 1.82 bits per heavy atom. The Hall–Kier alpha value is -2.77. The molecule has 2 aromatic heterocycles. The van der Waals surface area contributed by atoms with Crippen molar-refractivity contribution >= 4 is 44.7 Å². The highest BCUT2D eigenvalue weighted by molar-refractivity contribution is 9.10. The summed E-state index contributed by atoms with van der Waals surface area (Å²) < 4.78 is 0.855. The molecule has 1 unspecified atom stereocenters. The maximum absolute atomic E-state index is 12.9. The van der Waals surface area contributed by atoms with Crippen molar-refractivity contribution in [1.29, 1.82) is 0 Å². The van der Waals surface area contributed by atoms with Gasteiger partial charge in [-0.1, -0.05) is 34.1 Å². The van der Waals surface area contributed by atoms with E-state index in [0.29, 0.717) is 12.1 Å². The highest BCUT2D eigenvalue weighted by Crippen LogP contribution is 2.40. The molecule has 1 aromatic carbocycles. The number of amides is 1. The molecule has 7 heteroatoms. The molecule has 1 atom stereocenters. The van der Waals surface area contributed by atoms with Crippen molar-refractivity contribution in [2.24, 2.45) is 0 Å². The van der Waals surface area contributed by atoms with Crippen molar-refractivity contribution in [2.75, 3.05) is 0 Å². The fourth-order valence-corrected chi connectivity index (χ4v) is 4.24. The number of halogens is 1. The zero-order valence-corrected chi connectivity index (χ0v) is 17.0. The van der Waals surface area contributed by atoms with Crippen molar-refractivity contribution in [3.8, 4) is 0 Å². The lowest BCUT2D eigenvalue weighted by Crippen LogP contribution is -2.28. The lowest BCUT2D eigenvalue weighted by atomic mass is 9.96. The smallest absolute Gasteiger partial charge is 0.295 e. The van der Waals surface area contributed by atoms with E-state index < -0.39 is 17.7 Å². The van der Waals surface area contributed by atoms with E-state index in [1.165, 1.54) is 16.2 Å². The summed E-state index contributed by atoms with van der Waals surface area (Å²) >= 11 is 4.87. The molecule has 1 amide bonds. The Balaban J connectivity index is 1.85. The number of aliphatic hydroxyl groups excluding tert-OH is 1. The topological polar surface area (TPSA) is 70.5 Å². The third kappa shape index (κ3) is 3.39. The molecule has 0 spiro atoms. The predicted molar refractivity (Wildman–Crippen MR) is 111 cm³/mol. The van der Waals surface area contributed by atoms with Gasteiger partial charge in [-0.15, -0.1) is 11.3 Å². The predicted octanol–water partition coefficient (Wildman–Crippen LogP) is 4.53. The van der Waals surface area contributed by atoms with Crippen molar-refractivity contribution in [2.45, 2.75) is 12.6 Å². The van der Waals surface area contributed by atoms with Crippen LogP contribution in [0.4, 0.5) is 0 Å². The van der Waals surface area contributed by atoms with E-state index in [-0.39, 0.29) is 11.3 Å². The van der Waals surface area contributed by atoms with Crippen LogP contribution < -0.4 is 0 Å². The average molecular weight is 455 g/mol. The van der Waals surface area contributed by atoms with Crippen molar-refractivity contribution in [1.82, 2.24) is 9.88 Å². The molecule has 4 rings (SSSR count). The maximum Gasteiger partial charge on any atom is 0.295 e. The van der Waals surface area contributed by atoms with Gasteiger partial charge in [-0.2, -0.15) is 0 Å². The number of aromatic nitrogens is 1.